The Bertz CT molecular complexity index is 544. The van der Waals surface area contributed by atoms with Gasteiger partial charge in [-0.1, -0.05) is 12.2 Å². The van der Waals surface area contributed by atoms with Crippen molar-refractivity contribution in [1.29, 1.82) is 0 Å². The summed E-state index contributed by atoms with van der Waals surface area (Å²) in [5.41, 5.74) is 0. The Kier molecular flexibility index (Phi) is 3.66. The van der Waals surface area contributed by atoms with Crippen LogP contribution in [0.4, 0.5) is 0 Å². The highest BCUT2D eigenvalue weighted by molar-refractivity contribution is 5.98. The Balaban J connectivity index is 1.93. The summed E-state index contributed by atoms with van der Waals surface area (Å²) in [6.45, 7) is 1.38. The second-order valence-electron chi connectivity index (χ2n) is 6.44. The Morgan fingerprint density at radius 2 is 2.09 bits per heavy atom. The third-order valence-corrected chi connectivity index (χ3v) is 5.63. The standard InChI is InChI=1S/C15H19NO6/c1-7(17)12(15(18)21-2)14-10-6-11(22-16(19)20)13(14)9-5-3-4-8(9)10/h3,5,8-14H,4,6H2,1-2H3/t8-,9+,10+,11-,12?,13+,14+/m1/s1. The molecule has 0 aromatic rings. The molecule has 7 heteroatoms. The highest BCUT2D eigenvalue weighted by Crippen LogP contribution is 2.62. The van der Waals surface area contributed by atoms with Crippen molar-refractivity contribution >= 4 is 11.8 Å². The largest absolute Gasteiger partial charge is 0.468 e. The minimum Gasteiger partial charge on any atom is -0.468 e. The second-order valence-corrected chi connectivity index (χ2v) is 6.44. The molecule has 2 bridgehead atoms. The van der Waals surface area contributed by atoms with E-state index in [9.17, 15) is 19.7 Å². The molecule has 0 N–H and O–H groups in total. The van der Waals surface area contributed by atoms with Crippen molar-refractivity contribution in [3.63, 3.8) is 0 Å². The topological polar surface area (TPSA) is 95.7 Å². The lowest BCUT2D eigenvalue weighted by Gasteiger charge is -2.29. The summed E-state index contributed by atoms with van der Waals surface area (Å²) in [6.07, 6.45) is 5.03. The van der Waals surface area contributed by atoms with Gasteiger partial charge in [0.15, 0.2) is 0 Å². The van der Waals surface area contributed by atoms with Gasteiger partial charge in [0.05, 0.1) is 7.11 Å². The second kappa shape index (κ2) is 5.37. The van der Waals surface area contributed by atoms with E-state index in [4.69, 9.17) is 9.57 Å². The average Bonchev–Trinajstić information content (AvgIpc) is 3.08. The molecule has 120 valence electrons. The number of nitrogens with zero attached hydrogens (tertiary/aromatic N) is 1. The molecule has 7 nitrogen and oxygen atoms in total. The summed E-state index contributed by atoms with van der Waals surface area (Å²) >= 11 is 0. The van der Waals surface area contributed by atoms with Crippen molar-refractivity contribution in [2.45, 2.75) is 25.9 Å². The van der Waals surface area contributed by atoms with Gasteiger partial charge in [-0.25, -0.2) is 0 Å². The number of carbonyl (C=O) groups excluding carboxylic acids is 2. The third-order valence-electron chi connectivity index (χ3n) is 5.63. The van der Waals surface area contributed by atoms with Crippen LogP contribution in [0.3, 0.4) is 0 Å². The smallest absolute Gasteiger partial charge is 0.316 e. The molecule has 2 fully saturated rings. The molecule has 3 rings (SSSR count). The number of fused-ring (bicyclic) bond motifs is 5. The normalized spacial score (nSPS) is 39.4. The number of rotatable bonds is 5. The fourth-order valence-corrected chi connectivity index (χ4v) is 5.06. The molecule has 0 aliphatic heterocycles. The average molecular weight is 309 g/mol. The van der Waals surface area contributed by atoms with Crippen molar-refractivity contribution < 1.29 is 24.3 Å². The van der Waals surface area contributed by atoms with Gasteiger partial charge in [0.1, 0.15) is 17.8 Å². The Morgan fingerprint density at radius 3 is 2.68 bits per heavy atom. The minimum atomic E-state index is -0.848. The molecule has 0 spiro atoms. The summed E-state index contributed by atoms with van der Waals surface area (Å²) in [6, 6.07) is 0. The number of ether oxygens (including phenoxy) is 1. The maximum absolute atomic E-state index is 12.1. The van der Waals surface area contributed by atoms with Gasteiger partial charge in [-0.3, -0.25) is 9.59 Å². The van der Waals surface area contributed by atoms with E-state index in [1.54, 1.807) is 0 Å². The van der Waals surface area contributed by atoms with Crippen molar-refractivity contribution in [1.82, 2.24) is 0 Å². The fraction of sp³-hybridized carbons (Fsp3) is 0.733. The minimum absolute atomic E-state index is 0.0861. The summed E-state index contributed by atoms with van der Waals surface area (Å²) in [5.74, 6) is -1.44. The van der Waals surface area contributed by atoms with Crippen molar-refractivity contribution in [2.24, 2.45) is 35.5 Å². The Morgan fingerprint density at radius 1 is 1.36 bits per heavy atom. The molecular weight excluding hydrogens is 290 g/mol. The Hall–Kier alpha value is -1.92. The lowest BCUT2D eigenvalue weighted by Crippen LogP contribution is -2.37. The maximum atomic E-state index is 12.1. The van der Waals surface area contributed by atoms with Crippen LogP contribution >= 0.6 is 0 Å². The first-order chi connectivity index (χ1) is 10.5. The quantitative estimate of drug-likeness (QED) is 0.250. The van der Waals surface area contributed by atoms with E-state index in [0.29, 0.717) is 12.3 Å². The molecule has 3 aliphatic rings. The SMILES string of the molecule is COC(=O)C(C(C)=O)[C@@H]1[C@H]2C[C@@H](O[N+](=O)[O-])[C@@H]1[C@H]1C=CC[C@H]12. The van der Waals surface area contributed by atoms with Gasteiger partial charge >= 0.3 is 5.97 Å². The van der Waals surface area contributed by atoms with Crippen LogP contribution in [0.5, 0.6) is 0 Å². The zero-order chi connectivity index (χ0) is 16.0. The molecule has 0 heterocycles. The summed E-state index contributed by atoms with van der Waals surface area (Å²) in [5, 5.41) is 9.96. The molecule has 0 saturated heterocycles. The van der Waals surface area contributed by atoms with Crippen molar-refractivity contribution in [2.75, 3.05) is 7.11 Å². The lowest BCUT2D eigenvalue weighted by atomic mass is 9.79. The predicted molar refractivity (Wildman–Crippen MR) is 73.9 cm³/mol. The van der Waals surface area contributed by atoms with Crippen molar-refractivity contribution in [3.05, 3.63) is 22.3 Å². The van der Waals surface area contributed by atoms with Crippen LogP contribution in [-0.4, -0.2) is 30.1 Å². The Labute approximate surface area is 127 Å². The fourth-order valence-electron chi connectivity index (χ4n) is 5.06. The highest BCUT2D eigenvalue weighted by atomic mass is 17.0. The van der Waals surface area contributed by atoms with E-state index in [2.05, 4.69) is 12.2 Å². The number of hydrogen-bond donors (Lipinski definition) is 0. The number of allylic oxidation sites excluding steroid dienone is 2. The van der Waals surface area contributed by atoms with Gasteiger partial charge in [0, 0.05) is 0 Å². The van der Waals surface area contributed by atoms with E-state index < -0.39 is 23.1 Å². The van der Waals surface area contributed by atoms with Crippen LogP contribution in [0.25, 0.3) is 0 Å². The maximum Gasteiger partial charge on any atom is 0.316 e. The van der Waals surface area contributed by atoms with Gasteiger partial charge in [-0.05, 0) is 49.4 Å². The molecule has 0 aromatic heterocycles. The number of Topliss-reactive ketones (excluding diaryl/α,β-unsaturated/α-hetero) is 1. The van der Waals surface area contributed by atoms with Crippen LogP contribution in [0, 0.1) is 45.6 Å². The molecular formula is C15H19NO6. The van der Waals surface area contributed by atoms with Gasteiger partial charge in [-0.2, -0.15) is 0 Å². The zero-order valence-corrected chi connectivity index (χ0v) is 12.5. The van der Waals surface area contributed by atoms with E-state index >= 15 is 0 Å². The van der Waals surface area contributed by atoms with E-state index in [0.717, 1.165) is 6.42 Å². The number of hydrogen-bond acceptors (Lipinski definition) is 6. The summed E-state index contributed by atoms with van der Waals surface area (Å²) in [7, 11) is 1.26. The first kappa shape index (κ1) is 15.0. The van der Waals surface area contributed by atoms with Crippen LogP contribution in [0.1, 0.15) is 19.8 Å². The molecule has 3 aliphatic carbocycles. The zero-order valence-electron chi connectivity index (χ0n) is 12.5. The first-order valence-corrected chi connectivity index (χ1v) is 7.51. The highest BCUT2D eigenvalue weighted by Gasteiger charge is 2.63. The van der Waals surface area contributed by atoms with Crippen LogP contribution in [0.15, 0.2) is 12.2 Å². The molecule has 22 heavy (non-hydrogen) atoms. The first-order valence-electron chi connectivity index (χ1n) is 7.51. The third kappa shape index (κ3) is 2.10. The molecule has 0 radical (unpaired) electrons. The summed E-state index contributed by atoms with van der Waals surface area (Å²) < 4.78 is 4.80. The molecule has 0 aromatic carbocycles. The van der Waals surface area contributed by atoms with E-state index in [1.165, 1.54) is 14.0 Å². The number of methoxy groups -OCH3 is 1. The van der Waals surface area contributed by atoms with Crippen LogP contribution in [0.2, 0.25) is 0 Å². The van der Waals surface area contributed by atoms with Crippen LogP contribution in [-0.2, 0) is 19.2 Å². The number of esters is 1. The molecule has 2 saturated carbocycles. The monoisotopic (exact) mass is 309 g/mol. The van der Waals surface area contributed by atoms with E-state index in [-0.39, 0.29) is 29.5 Å². The van der Waals surface area contributed by atoms with Gasteiger partial charge in [-0.15, -0.1) is 10.1 Å². The number of carbonyl (C=O) groups is 2. The van der Waals surface area contributed by atoms with Crippen LogP contribution < -0.4 is 0 Å². The molecule has 7 atom stereocenters. The number of ketones is 1. The lowest BCUT2D eigenvalue weighted by molar-refractivity contribution is -0.770. The van der Waals surface area contributed by atoms with Gasteiger partial charge < -0.3 is 9.57 Å². The van der Waals surface area contributed by atoms with Gasteiger partial charge in [0.2, 0.25) is 0 Å². The van der Waals surface area contributed by atoms with Gasteiger partial charge in [0.25, 0.3) is 5.09 Å². The molecule has 1 unspecified atom stereocenters. The van der Waals surface area contributed by atoms with Crippen molar-refractivity contribution in [3.8, 4) is 0 Å². The predicted octanol–water partition coefficient (Wildman–Crippen LogP) is 1.40. The van der Waals surface area contributed by atoms with E-state index in [1.807, 2.05) is 0 Å². The molecule has 0 amide bonds. The summed E-state index contributed by atoms with van der Waals surface area (Å²) in [4.78, 5) is 39.7.